The quantitative estimate of drug-likeness (QED) is 0.604. The average molecular weight is 152 g/mol. The minimum Gasteiger partial charge on any atom is -0.399 e. The molecule has 0 rings (SSSR count). The molecule has 0 aromatic heterocycles. The second-order valence-corrected chi connectivity index (χ2v) is 2.50. The highest BCUT2D eigenvalue weighted by Gasteiger charge is 1.89. The summed E-state index contributed by atoms with van der Waals surface area (Å²) in [7, 11) is 0. The van der Waals surface area contributed by atoms with Crippen molar-refractivity contribution in [3.8, 4) is 0 Å². The molecule has 0 atom stereocenters. The maximum absolute atomic E-state index is 5.67. The van der Waals surface area contributed by atoms with Crippen LogP contribution >= 0.6 is 0 Å². The van der Waals surface area contributed by atoms with Gasteiger partial charge in [0, 0.05) is 11.4 Å². The Balaban J connectivity index is 4.26. The molecule has 0 saturated heterocycles. The maximum Gasteiger partial charge on any atom is 0.0303 e. The molecule has 0 aromatic rings. The summed E-state index contributed by atoms with van der Waals surface area (Å²) in [4.78, 5) is 0. The van der Waals surface area contributed by atoms with E-state index in [0.29, 0.717) is 5.70 Å². The van der Waals surface area contributed by atoms with Gasteiger partial charge in [-0.15, -0.1) is 0 Å². The molecule has 0 aliphatic rings. The van der Waals surface area contributed by atoms with Crippen LogP contribution in [0.4, 0.5) is 0 Å². The van der Waals surface area contributed by atoms with Crippen LogP contribution in [-0.2, 0) is 0 Å². The zero-order chi connectivity index (χ0) is 8.85. The second kappa shape index (κ2) is 4.61. The Kier molecular flexibility index (Phi) is 4.11. The van der Waals surface area contributed by atoms with Crippen molar-refractivity contribution in [1.29, 1.82) is 0 Å². The minimum absolute atomic E-state index is 0.525. The Morgan fingerprint density at radius 2 is 1.91 bits per heavy atom. The lowest BCUT2D eigenvalue weighted by molar-refractivity contribution is 1.06. The standard InChI is InChI=1S/C9H16N2/c1-4-7(2)9(11)6-5-8(3)10/h5-6H,3-4,10-11H2,1-2H3/b6-5-,9-7+. The molecule has 0 aromatic carbocycles. The molecule has 0 saturated carbocycles. The zero-order valence-electron chi connectivity index (χ0n) is 7.22. The van der Waals surface area contributed by atoms with Crippen LogP contribution in [0.2, 0.25) is 0 Å². The normalized spacial score (nSPS) is 13.3. The van der Waals surface area contributed by atoms with Gasteiger partial charge in [0.2, 0.25) is 0 Å². The first kappa shape index (κ1) is 9.82. The molecule has 0 spiro atoms. The molecule has 4 N–H and O–H groups in total. The van der Waals surface area contributed by atoms with Gasteiger partial charge in [-0.1, -0.05) is 19.1 Å². The van der Waals surface area contributed by atoms with Crippen LogP contribution < -0.4 is 11.5 Å². The van der Waals surface area contributed by atoms with Crippen LogP contribution in [-0.4, -0.2) is 0 Å². The van der Waals surface area contributed by atoms with Gasteiger partial charge in [0.05, 0.1) is 0 Å². The highest BCUT2D eigenvalue weighted by Crippen LogP contribution is 2.03. The van der Waals surface area contributed by atoms with Gasteiger partial charge in [0.15, 0.2) is 0 Å². The van der Waals surface area contributed by atoms with E-state index >= 15 is 0 Å². The number of rotatable bonds is 3. The summed E-state index contributed by atoms with van der Waals surface area (Å²) in [6.45, 7) is 7.59. The van der Waals surface area contributed by atoms with Crippen molar-refractivity contribution >= 4 is 0 Å². The Labute approximate surface area is 68.3 Å². The summed E-state index contributed by atoms with van der Waals surface area (Å²) in [6.07, 6.45) is 4.45. The Bertz CT molecular complexity index is 200. The van der Waals surface area contributed by atoms with Gasteiger partial charge >= 0.3 is 0 Å². The molecule has 0 bridgehead atoms. The predicted octanol–water partition coefficient (Wildman–Crippen LogP) is 1.66. The van der Waals surface area contributed by atoms with Gasteiger partial charge in [0.25, 0.3) is 0 Å². The van der Waals surface area contributed by atoms with Crippen molar-refractivity contribution < 1.29 is 0 Å². The Morgan fingerprint density at radius 3 is 2.27 bits per heavy atom. The van der Waals surface area contributed by atoms with E-state index in [9.17, 15) is 0 Å². The molecule has 11 heavy (non-hydrogen) atoms. The molecular formula is C9H16N2. The highest BCUT2D eigenvalue weighted by molar-refractivity contribution is 5.25. The summed E-state index contributed by atoms with van der Waals surface area (Å²) < 4.78 is 0. The zero-order valence-corrected chi connectivity index (χ0v) is 7.22. The van der Waals surface area contributed by atoms with Crippen molar-refractivity contribution in [3.05, 3.63) is 35.7 Å². The van der Waals surface area contributed by atoms with E-state index in [4.69, 9.17) is 11.5 Å². The van der Waals surface area contributed by atoms with Gasteiger partial charge in [-0.2, -0.15) is 0 Å². The lowest BCUT2D eigenvalue weighted by Crippen LogP contribution is -1.98. The number of hydrogen-bond donors (Lipinski definition) is 2. The summed E-state index contributed by atoms with van der Waals surface area (Å²) in [6, 6.07) is 0. The van der Waals surface area contributed by atoms with E-state index in [1.807, 2.05) is 6.92 Å². The summed E-state index contributed by atoms with van der Waals surface area (Å²) in [5, 5.41) is 0. The van der Waals surface area contributed by atoms with E-state index in [0.717, 1.165) is 12.1 Å². The van der Waals surface area contributed by atoms with Crippen LogP contribution in [0, 0.1) is 0 Å². The first-order valence-electron chi connectivity index (χ1n) is 3.65. The van der Waals surface area contributed by atoms with Crippen molar-refractivity contribution in [2.24, 2.45) is 11.5 Å². The fraction of sp³-hybridized carbons (Fsp3) is 0.333. The molecule has 0 aliphatic carbocycles. The average Bonchev–Trinajstić information content (AvgIpc) is 1.98. The Hall–Kier alpha value is -1.18. The van der Waals surface area contributed by atoms with Gasteiger partial charge in [0.1, 0.15) is 0 Å². The molecule has 0 heterocycles. The van der Waals surface area contributed by atoms with Crippen LogP contribution in [0.25, 0.3) is 0 Å². The van der Waals surface area contributed by atoms with Crippen LogP contribution in [0.15, 0.2) is 35.7 Å². The first-order chi connectivity index (χ1) is 5.07. The monoisotopic (exact) mass is 152 g/mol. The third-order valence-electron chi connectivity index (χ3n) is 1.50. The lowest BCUT2D eigenvalue weighted by Gasteiger charge is -1.98. The Morgan fingerprint density at radius 1 is 1.36 bits per heavy atom. The molecule has 2 heteroatoms. The third kappa shape index (κ3) is 4.25. The van der Waals surface area contributed by atoms with E-state index in [1.165, 1.54) is 5.57 Å². The molecule has 0 amide bonds. The van der Waals surface area contributed by atoms with Crippen molar-refractivity contribution in [2.75, 3.05) is 0 Å². The molecule has 0 unspecified atom stereocenters. The summed E-state index contributed by atoms with van der Waals surface area (Å²) >= 11 is 0. The molecular weight excluding hydrogens is 136 g/mol. The van der Waals surface area contributed by atoms with Crippen molar-refractivity contribution in [3.63, 3.8) is 0 Å². The highest BCUT2D eigenvalue weighted by atomic mass is 14.6. The number of nitrogens with two attached hydrogens (primary N) is 2. The first-order valence-corrected chi connectivity index (χ1v) is 3.65. The predicted molar refractivity (Wildman–Crippen MR) is 49.6 cm³/mol. The maximum atomic E-state index is 5.67. The number of hydrogen-bond acceptors (Lipinski definition) is 2. The van der Waals surface area contributed by atoms with Crippen molar-refractivity contribution in [2.45, 2.75) is 20.3 Å². The van der Waals surface area contributed by atoms with Gasteiger partial charge in [-0.05, 0) is 25.5 Å². The van der Waals surface area contributed by atoms with E-state index in [1.54, 1.807) is 12.2 Å². The topological polar surface area (TPSA) is 52.0 Å². The SMILES string of the molecule is C=C(N)/C=C\C(N)=C(\C)CC. The number of allylic oxidation sites excluding steroid dienone is 3. The fourth-order valence-electron chi connectivity index (χ4n) is 0.543. The molecule has 62 valence electrons. The van der Waals surface area contributed by atoms with E-state index in [-0.39, 0.29) is 0 Å². The lowest BCUT2D eigenvalue weighted by atomic mass is 10.2. The minimum atomic E-state index is 0.525. The summed E-state index contributed by atoms with van der Waals surface area (Å²) in [5.41, 5.74) is 13.5. The largest absolute Gasteiger partial charge is 0.399 e. The van der Waals surface area contributed by atoms with Gasteiger partial charge in [-0.25, -0.2) is 0 Å². The smallest absolute Gasteiger partial charge is 0.0303 e. The molecule has 0 radical (unpaired) electrons. The van der Waals surface area contributed by atoms with Crippen LogP contribution in [0.3, 0.4) is 0 Å². The fourth-order valence-corrected chi connectivity index (χ4v) is 0.543. The van der Waals surface area contributed by atoms with E-state index in [2.05, 4.69) is 13.5 Å². The van der Waals surface area contributed by atoms with Gasteiger partial charge in [-0.3, -0.25) is 0 Å². The van der Waals surface area contributed by atoms with Crippen LogP contribution in [0.1, 0.15) is 20.3 Å². The summed E-state index contributed by atoms with van der Waals surface area (Å²) in [5.74, 6) is 0. The van der Waals surface area contributed by atoms with Gasteiger partial charge < -0.3 is 11.5 Å². The molecule has 0 fully saturated rings. The van der Waals surface area contributed by atoms with Crippen LogP contribution in [0.5, 0.6) is 0 Å². The van der Waals surface area contributed by atoms with Crippen molar-refractivity contribution in [1.82, 2.24) is 0 Å². The third-order valence-corrected chi connectivity index (χ3v) is 1.50. The molecule has 2 nitrogen and oxygen atoms in total. The second-order valence-electron chi connectivity index (χ2n) is 2.50. The van der Waals surface area contributed by atoms with E-state index < -0.39 is 0 Å². The molecule has 0 aliphatic heterocycles.